The highest BCUT2D eigenvalue weighted by molar-refractivity contribution is 5.96. The highest BCUT2D eigenvalue weighted by atomic mass is 19.1. The zero-order chi connectivity index (χ0) is 26.7. The Labute approximate surface area is 221 Å². The molecule has 0 saturated carbocycles. The average molecular weight is 515 g/mol. The minimum absolute atomic E-state index is 0.00129. The fourth-order valence-electron chi connectivity index (χ4n) is 6.35. The van der Waals surface area contributed by atoms with Gasteiger partial charge in [0.1, 0.15) is 18.2 Å². The number of likely N-dealkylation sites (tertiary alicyclic amines) is 1. The molecule has 1 fully saturated rings. The van der Waals surface area contributed by atoms with Crippen molar-refractivity contribution in [3.63, 3.8) is 0 Å². The second-order valence-corrected chi connectivity index (χ2v) is 11.4. The van der Waals surface area contributed by atoms with E-state index in [4.69, 9.17) is 0 Å². The number of rotatable bonds is 4. The van der Waals surface area contributed by atoms with Crippen LogP contribution >= 0.6 is 0 Å². The molecule has 1 saturated heterocycles. The molecule has 1 spiro atoms. The fraction of sp³-hybridized carbons (Fsp3) is 0.367. The van der Waals surface area contributed by atoms with Crippen molar-refractivity contribution in [1.82, 2.24) is 15.5 Å². The quantitative estimate of drug-likeness (QED) is 0.580. The lowest BCUT2D eigenvalue weighted by Gasteiger charge is -2.43. The standard InChI is InChI=1S/C30H31FN4O3/c1-29(2)12-11-24(18-5-8-21(31)9-6-18)35(28(29)38)17-25(36)33-22-10-7-19-15-30(16-20(19)14-22)23-4-3-13-32-26(23)34-27(30)37/h3-10,14,24,32H,11-13,15-17H2,1-2H3,(H,33,36)(H,34,37)/t24-,30+/m0/s1. The molecule has 3 aliphatic heterocycles. The van der Waals surface area contributed by atoms with Gasteiger partial charge in [0.2, 0.25) is 17.7 Å². The van der Waals surface area contributed by atoms with Gasteiger partial charge in [-0.05, 0) is 66.6 Å². The number of dihydropyridines is 1. The summed E-state index contributed by atoms with van der Waals surface area (Å²) in [4.78, 5) is 41.2. The van der Waals surface area contributed by atoms with Gasteiger partial charge in [0.25, 0.3) is 0 Å². The van der Waals surface area contributed by atoms with Gasteiger partial charge < -0.3 is 20.9 Å². The third kappa shape index (κ3) is 3.99. The van der Waals surface area contributed by atoms with Gasteiger partial charge in [-0.25, -0.2) is 4.39 Å². The van der Waals surface area contributed by atoms with E-state index in [2.05, 4.69) is 16.0 Å². The van der Waals surface area contributed by atoms with Crippen LogP contribution in [0.1, 0.15) is 49.4 Å². The fourth-order valence-corrected chi connectivity index (χ4v) is 6.35. The monoisotopic (exact) mass is 514 g/mol. The van der Waals surface area contributed by atoms with E-state index in [-0.39, 0.29) is 36.1 Å². The highest BCUT2D eigenvalue weighted by Crippen LogP contribution is 2.48. The third-order valence-electron chi connectivity index (χ3n) is 8.44. The second kappa shape index (κ2) is 8.82. The van der Waals surface area contributed by atoms with Gasteiger partial charge in [0.05, 0.1) is 11.5 Å². The van der Waals surface area contributed by atoms with Gasteiger partial charge in [-0.3, -0.25) is 14.4 Å². The minimum Gasteiger partial charge on any atom is -0.368 e. The van der Waals surface area contributed by atoms with Crippen LogP contribution in [0.25, 0.3) is 0 Å². The minimum atomic E-state index is -0.627. The number of hydrogen-bond acceptors (Lipinski definition) is 4. The van der Waals surface area contributed by atoms with Crippen LogP contribution in [0.5, 0.6) is 0 Å². The van der Waals surface area contributed by atoms with E-state index < -0.39 is 10.8 Å². The van der Waals surface area contributed by atoms with Crippen molar-refractivity contribution < 1.29 is 18.8 Å². The predicted octanol–water partition coefficient (Wildman–Crippen LogP) is 3.74. The smallest absolute Gasteiger partial charge is 0.244 e. The molecule has 7 nitrogen and oxygen atoms in total. The Bertz CT molecular complexity index is 1410. The molecule has 8 heteroatoms. The molecular formula is C30H31FN4O3. The van der Waals surface area contributed by atoms with Crippen molar-refractivity contribution in [2.45, 2.75) is 45.6 Å². The topological polar surface area (TPSA) is 90.5 Å². The number of anilines is 1. The van der Waals surface area contributed by atoms with E-state index in [1.54, 1.807) is 17.0 Å². The Morgan fingerprint density at radius 2 is 1.87 bits per heavy atom. The molecule has 6 rings (SSSR count). The van der Waals surface area contributed by atoms with Gasteiger partial charge in [0.15, 0.2) is 0 Å². The number of nitrogens with zero attached hydrogens (tertiary/aromatic N) is 1. The number of allylic oxidation sites excluding steroid dienone is 1. The van der Waals surface area contributed by atoms with Gasteiger partial charge >= 0.3 is 0 Å². The van der Waals surface area contributed by atoms with Crippen molar-refractivity contribution in [3.05, 3.63) is 88.5 Å². The first-order chi connectivity index (χ1) is 18.2. The number of hydrogen-bond donors (Lipinski definition) is 3. The zero-order valence-electron chi connectivity index (χ0n) is 21.6. The number of amides is 3. The lowest BCUT2D eigenvalue weighted by molar-refractivity contribution is -0.150. The molecule has 3 heterocycles. The maximum atomic E-state index is 13.5. The average Bonchev–Trinajstić information content (AvgIpc) is 3.40. The van der Waals surface area contributed by atoms with Crippen molar-refractivity contribution in [3.8, 4) is 0 Å². The molecule has 3 amide bonds. The molecule has 2 aromatic rings. The largest absolute Gasteiger partial charge is 0.368 e. The maximum Gasteiger partial charge on any atom is 0.244 e. The molecule has 2 atom stereocenters. The predicted molar refractivity (Wildman–Crippen MR) is 141 cm³/mol. The number of nitrogens with one attached hydrogen (secondary N) is 3. The first-order valence-corrected chi connectivity index (χ1v) is 13.1. The Morgan fingerprint density at radius 3 is 2.66 bits per heavy atom. The summed E-state index contributed by atoms with van der Waals surface area (Å²) in [6.45, 7) is 4.39. The highest BCUT2D eigenvalue weighted by Gasteiger charge is 2.51. The van der Waals surface area contributed by atoms with Crippen molar-refractivity contribution in [1.29, 1.82) is 0 Å². The summed E-state index contributed by atoms with van der Waals surface area (Å²) in [5, 5.41) is 9.21. The summed E-state index contributed by atoms with van der Waals surface area (Å²) in [7, 11) is 0. The SMILES string of the molecule is CC1(C)CC[C@@H](c2ccc(F)cc2)N(CC(=O)Nc2ccc3c(c2)C[C@@]2(C3)C(=O)NC3=C2C=CCN3)C1=O. The summed E-state index contributed by atoms with van der Waals surface area (Å²) in [6.07, 6.45) is 6.62. The first-order valence-electron chi connectivity index (χ1n) is 13.1. The summed E-state index contributed by atoms with van der Waals surface area (Å²) in [5.41, 5.74) is 3.38. The molecule has 4 aliphatic rings. The van der Waals surface area contributed by atoms with Crippen LogP contribution in [0, 0.1) is 16.6 Å². The molecule has 0 bridgehead atoms. The van der Waals surface area contributed by atoms with E-state index in [1.165, 1.54) is 12.1 Å². The Hall–Kier alpha value is -3.94. The van der Waals surface area contributed by atoms with Gasteiger partial charge in [-0.15, -0.1) is 0 Å². The van der Waals surface area contributed by atoms with Crippen molar-refractivity contribution in [2.75, 3.05) is 18.4 Å². The van der Waals surface area contributed by atoms with Crippen LogP contribution in [0.3, 0.4) is 0 Å². The Balaban J connectivity index is 1.20. The normalized spacial score (nSPS) is 25.2. The Kier molecular flexibility index (Phi) is 5.67. The number of piperidine rings is 1. The molecular weight excluding hydrogens is 483 g/mol. The summed E-state index contributed by atoms with van der Waals surface area (Å²) in [6, 6.07) is 11.6. The van der Waals surface area contributed by atoms with E-state index in [0.29, 0.717) is 37.9 Å². The van der Waals surface area contributed by atoms with Crippen LogP contribution in [-0.4, -0.2) is 35.7 Å². The molecule has 0 aromatic heterocycles. The maximum absolute atomic E-state index is 13.5. The van der Waals surface area contributed by atoms with Gasteiger partial charge in [-0.2, -0.15) is 0 Å². The molecule has 3 N–H and O–H groups in total. The Morgan fingerprint density at radius 1 is 1.11 bits per heavy atom. The lowest BCUT2D eigenvalue weighted by atomic mass is 9.78. The van der Waals surface area contributed by atoms with Crippen LogP contribution in [0.15, 0.2) is 66.0 Å². The number of carbonyl (C=O) groups is 3. The molecule has 1 aliphatic carbocycles. The van der Waals surface area contributed by atoms with Gasteiger partial charge in [0, 0.05) is 23.2 Å². The molecule has 0 unspecified atom stereocenters. The number of carbonyl (C=O) groups excluding carboxylic acids is 3. The molecule has 2 aromatic carbocycles. The van der Waals surface area contributed by atoms with Crippen LogP contribution < -0.4 is 16.0 Å². The first kappa shape index (κ1) is 24.4. The van der Waals surface area contributed by atoms with Gasteiger partial charge in [-0.1, -0.05) is 44.2 Å². The summed E-state index contributed by atoms with van der Waals surface area (Å²) in [5.74, 6) is 0.0794. The molecule has 196 valence electrons. The van der Waals surface area contributed by atoms with E-state index in [0.717, 1.165) is 28.1 Å². The number of benzene rings is 2. The lowest BCUT2D eigenvalue weighted by Crippen LogP contribution is -2.50. The van der Waals surface area contributed by atoms with E-state index in [9.17, 15) is 18.8 Å². The number of fused-ring (bicyclic) bond motifs is 2. The molecule has 38 heavy (non-hydrogen) atoms. The second-order valence-electron chi connectivity index (χ2n) is 11.4. The number of halogens is 1. The third-order valence-corrected chi connectivity index (χ3v) is 8.44. The summed E-state index contributed by atoms with van der Waals surface area (Å²) < 4.78 is 13.5. The van der Waals surface area contributed by atoms with Crippen molar-refractivity contribution in [2.24, 2.45) is 10.8 Å². The van der Waals surface area contributed by atoms with Crippen LogP contribution in [0.2, 0.25) is 0 Å². The zero-order valence-corrected chi connectivity index (χ0v) is 21.6. The molecule has 0 radical (unpaired) electrons. The van der Waals surface area contributed by atoms with Crippen LogP contribution in [0.4, 0.5) is 10.1 Å². The summed E-state index contributed by atoms with van der Waals surface area (Å²) >= 11 is 0. The van der Waals surface area contributed by atoms with Crippen molar-refractivity contribution >= 4 is 23.4 Å². The van der Waals surface area contributed by atoms with E-state index in [1.807, 2.05) is 44.2 Å². The van der Waals surface area contributed by atoms with Crippen LogP contribution in [-0.2, 0) is 27.2 Å². The van der Waals surface area contributed by atoms with E-state index >= 15 is 0 Å².